The zero-order valence-corrected chi connectivity index (χ0v) is 17.6. The summed E-state index contributed by atoms with van der Waals surface area (Å²) >= 11 is 2.95. The summed E-state index contributed by atoms with van der Waals surface area (Å²) < 4.78 is 22.8. The van der Waals surface area contributed by atoms with E-state index in [0.29, 0.717) is 11.6 Å². The monoisotopic (exact) mass is 429 g/mol. The van der Waals surface area contributed by atoms with Gasteiger partial charge in [-0.05, 0) is 31.2 Å². The molecule has 0 fully saturated rings. The average Bonchev–Trinajstić information content (AvgIpc) is 3.00. The third kappa shape index (κ3) is 5.11. The minimum atomic E-state index is -3.08. The third-order valence-corrected chi connectivity index (χ3v) is 8.36. The van der Waals surface area contributed by atoms with Gasteiger partial charge in [-0.2, -0.15) is 0 Å². The number of rotatable bonds is 8. The summed E-state index contributed by atoms with van der Waals surface area (Å²) in [7, 11) is -3.08. The van der Waals surface area contributed by atoms with E-state index in [-0.39, 0.29) is 35.3 Å². The molecule has 2 aromatic heterocycles. The van der Waals surface area contributed by atoms with Gasteiger partial charge in [-0.3, -0.25) is 9.59 Å². The first-order chi connectivity index (χ1) is 12.9. The lowest BCUT2D eigenvalue weighted by Crippen LogP contribution is -2.30. The van der Waals surface area contributed by atoms with Gasteiger partial charge in [-0.15, -0.1) is 23.1 Å². The number of carbonyl (C=O) groups excluding carboxylic acids is 1. The predicted octanol–water partition coefficient (Wildman–Crippen LogP) is 1.65. The number of carbonyl (C=O) groups is 1. The second-order valence-electron chi connectivity index (χ2n) is 6.48. The Morgan fingerprint density at radius 2 is 2.11 bits per heavy atom. The number of nitrogens with one attached hydrogen (secondary N) is 2. The lowest BCUT2D eigenvalue weighted by molar-refractivity contribution is -0.118. The molecule has 0 aliphatic heterocycles. The van der Waals surface area contributed by atoms with Crippen LogP contribution in [0.4, 0.5) is 0 Å². The molecule has 1 aliphatic rings. The molecule has 0 radical (unpaired) electrons. The van der Waals surface area contributed by atoms with Crippen molar-refractivity contribution in [2.75, 3.05) is 23.8 Å². The summed E-state index contributed by atoms with van der Waals surface area (Å²) in [5.41, 5.74) is 1.07. The number of sulfone groups is 1. The van der Waals surface area contributed by atoms with Gasteiger partial charge in [-0.25, -0.2) is 13.4 Å². The van der Waals surface area contributed by atoms with Gasteiger partial charge >= 0.3 is 0 Å². The number of amides is 1. The smallest absolute Gasteiger partial charge is 0.259 e. The Bertz CT molecular complexity index is 995. The average molecular weight is 430 g/mol. The van der Waals surface area contributed by atoms with E-state index in [9.17, 15) is 18.0 Å². The van der Waals surface area contributed by atoms with E-state index < -0.39 is 9.84 Å². The van der Waals surface area contributed by atoms with Crippen molar-refractivity contribution in [2.24, 2.45) is 0 Å². The highest BCUT2D eigenvalue weighted by molar-refractivity contribution is 7.99. The van der Waals surface area contributed by atoms with Crippen LogP contribution in [0.2, 0.25) is 0 Å². The Kier molecular flexibility index (Phi) is 6.59. The van der Waals surface area contributed by atoms with Gasteiger partial charge in [-0.1, -0.05) is 6.92 Å². The minimum absolute atomic E-state index is 0.0471. The topological polar surface area (TPSA) is 109 Å². The molecule has 1 aliphatic carbocycles. The molecule has 2 N–H and O–H groups in total. The Morgan fingerprint density at radius 3 is 2.89 bits per heavy atom. The molecule has 0 aromatic carbocycles. The number of aromatic amines is 1. The molecule has 0 saturated carbocycles. The molecule has 0 spiro atoms. The molecular formula is C17H23N3O4S3. The highest BCUT2D eigenvalue weighted by atomic mass is 32.2. The molecule has 2 heterocycles. The van der Waals surface area contributed by atoms with Crippen molar-refractivity contribution in [3.05, 3.63) is 26.6 Å². The van der Waals surface area contributed by atoms with Crippen LogP contribution in [0.3, 0.4) is 0 Å². The van der Waals surface area contributed by atoms with Crippen molar-refractivity contribution in [1.29, 1.82) is 0 Å². The predicted molar refractivity (Wildman–Crippen MR) is 110 cm³/mol. The fourth-order valence-corrected chi connectivity index (χ4v) is 5.76. The van der Waals surface area contributed by atoms with Crippen LogP contribution in [0.25, 0.3) is 10.2 Å². The Labute approximate surface area is 166 Å². The van der Waals surface area contributed by atoms with E-state index in [4.69, 9.17) is 0 Å². The highest BCUT2D eigenvalue weighted by Gasteiger charge is 2.19. The standard InChI is InChI=1S/C17H23N3O4S3/c1-2-27(23,24)8-7-18-14(21)10-25-9-13-19-16(22)15-11-5-3-4-6-12(11)26-17(15)20-13/h2-10H2,1H3,(H,18,21)(H,19,20,22). The summed E-state index contributed by atoms with van der Waals surface area (Å²) in [4.78, 5) is 33.7. The molecule has 0 atom stereocenters. The van der Waals surface area contributed by atoms with E-state index in [1.807, 2.05) is 0 Å². The number of hydrogen-bond acceptors (Lipinski definition) is 7. The van der Waals surface area contributed by atoms with Crippen LogP contribution in [0.5, 0.6) is 0 Å². The number of nitrogens with zero attached hydrogens (tertiary/aromatic N) is 1. The van der Waals surface area contributed by atoms with Gasteiger partial charge in [0.2, 0.25) is 5.91 Å². The van der Waals surface area contributed by atoms with Crippen LogP contribution in [0.15, 0.2) is 4.79 Å². The maximum Gasteiger partial charge on any atom is 0.259 e. The lowest BCUT2D eigenvalue weighted by Gasteiger charge is -2.09. The number of fused-ring (bicyclic) bond motifs is 3. The normalized spacial score (nSPS) is 14.3. The molecule has 0 saturated heterocycles. The number of thioether (sulfide) groups is 1. The van der Waals surface area contributed by atoms with Gasteiger partial charge in [0.05, 0.1) is 22.6 Å². The third-order valence-electron chi connectivity index (χ3n) is 4.52. The van der Waals surface area contributed by atoms with Crippen molar-refractivity contribution in [3.63, 3.8) is 0 Å². The second kappa shape index (κ2) is 8.74. The Morgan fingerprint density at radius 1 is 1.33 bits per heavy atom. The van der Waals surface area contributed by atoms with E-state index in [2.05, 4.69) is 15.3 Å². The number of thiophene rings is 1. The van der Waals surface area contributed by atoms with Gasteiger partial charge in [0, 0.05) is 17.2 Å². The quantitative estimate of drug-likeness (QED) is 0.660. The van der Waals surface area contributed by atoms with Crippen LogP contribution in [0.1, 0.15) is 36.0 Å². The molecule has 27 heavy (non-hydrogen) atoms. The summed E-state index contributed by atoms with van der Waals surface area (Å²) in [5.74, 6) is 0.988. The van der Waals surface area contributed by atoms with Crippen LogP contribution in [-0.2, 0) is 33.2 Å². The molecule has 10 heteroatoms. The fraction of sp³-hybridized carbons (Fsp3) is 0.588. The van der Waals surface area contributed by atoms with E-state index in [1.54, 1.807) is 18.3 Å². The molecular weight excluding hydrogens is 406 g/mol. The highest BCUT2D eigenvalue weighted by Crippen LogP contribution is 2.33. The summed E-state index contributed by atoms with van der Waals surface area (Å²) in [6.45, 7) is 1.71. The first kappa shape index (κ1) is 20.3. The van der Waals surface area contributed by atoms with Crippen molar-refractivity contribution >= 4 is 49.1 Å². The van der Waals surface area contributed by atoms with Gasteiger partial charge in [0.1, 0.15) is 10.7 Å². The van der Waals surface area contributed by atoms with Gasteiger partial charge < -0.3 is 10.3 Å². The fourth-order valence-electron chi connectivity index (χ4n) is 3.06. The molecule has 7 nitrogen and oxygen atoms in total. The Balaban J connectivity index is 1.55. The maximum atomic E-state index is 12.5. The van der Waals surface area contributed by atoms with E-state index in [1.165, 1.54) is 16.6 Å². The number of aromatic nitrogens is 2. The van der Waals surface area contributed by atoms with Crippen molar-refractivity contribution in [2.45, 2.75) is 38.4 Å². The zero-order valence-electron chi connectivity index (χ0n) is 15.2. The maximum absolute atomic E-state index is 12.5. The van der Waals surface area contributed by atoms with Crippen molar-refractivity contribution in [1.82, 2.24) is 15.3 Å². The SMILES string of the molecule is CCS(=O)(=O)CCNC(=O)CSCc1nc2sc3c(c2c(=O)[nH]1)CCCC3. The van der Waals surface area contributed by atoms with Gasteiger partial charge in [0.25, 0.3) is 5.56 Å². The Hall–Kier alpha value is -1.39. The van der Waals surface area contributed by atoms with Crippen LogP contribution < -0.4 is 10.9 Å². The van der Waals surface area contributed by atoms with E-state index in [0.717, 1.165) is 41.5 Å². The molecule has 3 rings (SSSR count). The van der Waals surface area contributed by atoms with Crippen LogP contribution in [-0.4, -0.2) is 48.1 Å². The number of H-pyrrole nitrogens is 1. The van der Waals surface area contributed by atoms with E-state index >= 15 is 0 Å². The first-order valence-electron chi connectivity index (χ1n) is 8.98. The minimum Gasteiger partial charge on any atom is -0.354 e. The largest absolute Gasteiger partial charge is 0.354 e. The molecule has 1 amide bonds. The van der Waals surface area contributed by atoms with Crippen molar-refractivity contribution < 1.29 is 13.2 Å². The van der Waals surface area contributed by atoms with Crippen LogP contribution in [0, 0.1) is 0 Å². The van der Waals surface area contributed by atoms with Crippen LogP contribution >= 0.6 is 23.1 Å². The molecule has 2 aromatic rings. The number of aryl methyl sites for hydroxylation is 2. The van der Waals surface area contributed by atoms with Crippen molar-refractivity contribution in [3.8, 4) is 0 Å². The summed E-state index contributed by atoms with van der Waals surface area (Å²) in [6, 6.07) is 0. The molecule has 0 unspecified atom stereocenters. The summed E-state index contributed by atoms with van der Waals surface area (Å²) in [5, 5.41) is 3.34. The first-order valence-corrected chi connectivity index (χ1v) is 12.8. The molecule has 0 bridgehead atoms. The number of hydrogen-bond donors (Lipinski definition) is 2. The van der Waals surface area contributed by atoms with Gasteiger partial charge in [0.15, 0.2) is 9.84 Å². The second-order valence-corrected chi connectivity index (χ2v) is 11.0. The summed E-state index contributed by atoms with van der Waals surface area (Å²) in [6.07, 6.45) is 4.25. The lowest BCUT2D eigenvalue weighted by atomic mass is 9.97. The zero-order chi connectivity index (χ0) is 19.4. The molecule has 148 valence electrons.